The second kappa shape index (κ2) is 8.35. The van der Waals surface area contributed by atoms with Crippen molar-refractivity contribution in [3.05, 3.63) is 72.3 Å². The van der Waals surface area contributed by atoms with Crippen LogP contribution in [0.15, 0.2) is 66.7 Å². The third-order valence-corrected chi connectivity index (χ3v) is 5.44. The number of amides is 2. The van der Waals surface area contributed by atoms with Gasteiger partial charge < -0.3 is 15.1 Å². The van der Waals surface area contributed by atoms with Gasteiger partial charge in [0, 0.05) is 38.2 Å². The van der Waals surface area contributed by atoms with Crippen LogP contribution in [0.5, 0.6) is 0 Å². The van der Waals surface area contributed by atoms with Crippen molar-refractivity contribution in [1.82, 2.24) is 4.90 Å². The first-order valence-electron chi connectivity index (χ1n) is 10.1. The summed E-state index contributed by atoms with van der Waals surface area (Å²) in [6.45, 7) is 4.83. The van der Waals surface area contributed by atoms with Gasteiger partial charge in [0.2, 0.25) is 5.91 Å². The minimum absolute atomic E-state index is 0.122. The maximum atomic E-state index is 12.9. The lowest BCUT2D eigenvalue weighted by Crippen LogP contribution is -2.48. The van der Waals surface area contributed by atoms with Gasteiger partial charge in [-0.1, -0.05) is 49.4 Å². The molecule has 5 nitrogen and oxygen atoms in total. The number of carbonyl (C=O) groups excluding carboxylic acids is 2. The second-order valence-corrected chi connectivity index (χ2v) is 7.25. The fraction of sp³-hybridized carbons (Fsp3) is 0.250. The molecule has 0 spiro atoms. The van der Waals surface area contributed by atoms with E-state index in [4.69, 9.17) is 0 Å². The van der Waals surface area contributed by atoms with E-state index in [9.17, 15) is 9.59 Å². The summed E-state index contributed by atoms with van der Waals surface area (Å²) in [5.41, 5.74) is 2.42. The van der Waals surface area contributed by atoms with Gasteiger partial charge in [-0.15, -0.1) is 0 Å². The number of fused-ring (bicyclic) bond motifs is 1. The highest BCUT2D eigenvalue weighted by atomic mass is 16.2. The van der Waals surface area contributed by atoms with Crippen LogP contribution in [0.3, 0.4) is 0 Å². The number of benzene rings is 3. The molecule has 1 saturated heterocycles. The van der Waals surface area contributed by atoms with Crippen molar-refractivity contribution in [2.45, 2.75) is 13.3 Å². The highest BCUT2D eigenvalue weighted by Gasteiger charge is 2.22. The Morgan fingerprint density at radius 1 is 0.862 bits per heavy atom. The minimum atomic E-state index is -0.122. The molecule has 1 heterocycles. The van der Waals surface area contributed by atoms with Crippen LogP contribution in [-0.2, 0) is 4.79 Å². The van der Waals surface area contributed by atoms with Crippen LogP contribution in [0.2, 0.25) is 0 Å². The molecule has 0 bridgehead atoms. The molecule has 4 rings (SSSR count). The van der Waals surface area contributed by atoms with E-state index in [0.717, 1.165) is 35.2 Å². The molecule has 0 unspecified atom stereocenters. The first-order chi connectivity index (χ1) is 14.2. The van der Waals surface area contributed by atoms with Gasteiger partial charge in [-0.25, -0.2) is 0 Å². The molecule has 0 aromatic heterocycles. The van der Waals surface area contributed by atoms with Crippen molar-refractivity contribution < 1.29 is 9.59 Å². The number of rotatable bonds is 4. The van der Waals surface area contributed by atoms with Gasteiger partial charge in [-0.2, -0.15) is 0 Å². The van der Waals surface area contributed by atoms with Crippen LogP contribution < -0.4 is 10.2 Å². The summed E-state index contributed by atoms with van der Waals surface area (Å²) in [6, 6.07) is 21.6. The zero-order valence-corrected chi connectivity index (χ0v) is 16.6. The van der Waals surface area contributed by atoms with Crippen LogP contribution >= 0.6 is 0 Å². The van der Waals surface area contributed by atoms with Crippen molar-refractivity contribution in [3.63, 3.8) is 0 Å². The van der Waals surface area contributed by atoms with E-state index in [1.165, 1.54) is 0 Å². The van der Waals surface area contributed by atoms with E-state index in [2.05, 4.69) is 10.2 Å². The van der Waals surface area contributed by atoms with Gasteiger partial charge in [0.15, 0.2) is 0 Å². The maximum Gasteiger partial charge on any atom is 0.255 e. The molecule has 0 aliphatic carbocycles. The monoisotopic (exact) mass is 387 g/mol. The average Bonchev–Trinajstić information content (AvgIpc) is 2.78. The van der Waals surface area contributed by atoms with Crippen molar-refractivity contribution in [1.29, 1.82) is 0 Å². The Morgan fingerprint density at radius 2 is 1.55 bits per heavy atom. The first kappa shape index (κ1) is 19.0. The molecule has 0 atom stereocenters. The Balaban J connectivity index is 1.51. The van der Waals surface area contributed by atoms with Crippen molar-refractivity contribution in [2.75, 3.05) is 36.4 Å². The average molecular weight is 387 g/mol. The standard InChI is InChI=1S/C24H25N3O2/c1-2-23(28)27-15-13-26(14-16-27)22-10-6-5-9-21(22)25-24(29)20-12-11-18-7-3-4-8-19(18)17-20/h3-12,17H,2,13-16H2,1H3,(H,25,29). The molecule has 2 amide bonds. The van der Waals surface area contributed by atoms with E-state index in [1.54, 1.807) is 0 Å². The normalized spacial score (nSPS) is 14.1. The molecule has 5 heteroatoms. The number of nitrogens with one attached hydrogen (secondary N) is 1. The van der Waals surface area contributed by atoms with Gasteiger partial charge in [0.05, 0.1) is 11.4 Å². The number of carbonyl (C=O) groups is 2. The third-order valence-electron chi connectivity index (χ3n) is 5.44. The van der Waals surface area contributed by atoms with Crippen LogP contribution in [0.4, 0.5) is 11.4 Å². The number of hydrogen-bond donors (Lipinski definition) is 1. The number of piperazine rings is 1. The van der Waals surface area contributed by atoms with E-state index >= 15 is 0 Å². The lowest BCUT2D eigenvalue weighted by molar-refractivity contribution is -0.131. The third kappa shape index (κ3) is 4.09. The van der Waals surface area contributed by atoms with Gasteiger partial charge >= 0.3 is 0 Å². The SMILES string of the molecule is CCC(=O)N1CCN(c2ccccc2NC(=O)c2ccc3ccccc3c2)CC1. The molecule has 0 radical (unpaired) electrons. The van der Waals surface area contributed by atoms with E-state index < -0.39 is 0 Å². The molecular formula is C24H25N3O2. The molecule has 0 saturated carbocycles. The Morgan fingerprint density at radius 3 is 2.31 bits per heavy atom. The molecule has 29 heavy (non-hydrogen) atoms. The van der Waals surface area contributed by atoms with Crippen molar-refractivity contribution >= 4 is 34.0 Å². The summed E-state index contributed by atoms with van der Waals surface area (Å²) in [4.78, 5) is 29.0. The van der Waals surface area contributed by atoms with Gasteiger partial charge in [0.25, 0.3) is 5.91 Å². The molecule has 1 N–H and O–H groups in total. The predicted molar refractivity (Wildman–Crippen MR) is 117 cm³/mol. The lowest BCUT2D eigenvalue weighted by Gasteiger charge is -2.36. The highest BCUT2D eigenvalue weighted by molar-refractivity contribution is 6.07. The van der Waals surface area contributed by atoms with E-state index in [1.807, 2.05) is 78.6 Å². The molecule has 148 valence electrons. The van der Waals surface area contributed by atoms with Crippen LogP contribution in [0, 0.1) is 0 Å². The van der Waals surface area contributed by atoms with E-state index in [-0.39, 0.29) is 11.8 Å². The number of anilines is 2. The zero-order valence-electron chi connectivity index (χ0n) is 16.6. The quantitative estimate of drug-likeness (QED) is 0.732. The largest absolute Gasteiger partial charge is 0.366 e. The van der Waals surface area contributed by atoms with Gasteiger partial charge in [-0.3, -0.25) is 9.59 Å². The topological polar surface area (TPSA) is 52.7 Å². The highest BCUT2D eigenvalue weighted by Crippen LogP contribution is 2.27. The fourth-order valence-electron chi connectivity index (χ4n) is 3.80. The predicted octanol–water partition coefficient (Wildman–Crippen LogP) is 4.15. The van der Waals surface area contributed by atoms with Crippen molar-refractivity contribution in [3.8, 4) is 0 Å². The minimum Gasteiger partial charge on any atom is -0.366 e. The summed E-state index contributed by atoms with van der Waals surface area (Å²) >= 11 is 0. The van der Waals surface area contributed by atoms with Gasteiger partial charge in [-0.05, 0) is 35.0 Å². The summed E-state index contributed by atoms with van der Waals surface area (Å²) in [5.74, 6) is 0.0746. The number of para-hydroxylation sites is 2. The zero-order chi connectivity index (χ0) is 20.2. The molecule has 3 aromatic carbocycles. The Kier molecular flexibility index (Phi) is 5.47. The fourth-order valence-corrected chi connectivity index (χ4v) is 3.80. The summed E-state index contributed by atoms with van der Waals surface area (Å²) in [6.07, 6.45) is 0.540. The number of nitrogens with zero attached hydrogens (tertiary/aromatic N) is 2. The molecule has 3 aromatic rings. The van der Waals surface area contributed by atoms with Crippen LogP contribution in [0.25, 0.3) is 10.8 Å². The molecular weight excluding hydrogens is 362 g/mol. The van der Waals surface area contributed by atoms with Crippen molar-refractivity contribution in [2.24, 2.45) is 0 Å². The Hall–Kier alpha value is -3.34. The maximum absolute atomic E-state index is 12.9. The smallest absolute Gasteiger partial charge is 0.255 e. The molecule has 1 aliphatic rings. The van der Waals surface area contributed by atoms with Crippen LogP contribution in [0.1, 0.15) is 23.7 Å². The molecule has 1 aliphatic heterocycles. The number of hydrogen-bond acceptors (Lipinski definition) is 3. The summed E-state index contributed by atoms with van der Waals surface area (Å²) in [7, 11) is 0. The Labute approximate surface area is 170 Å². The summed E-state index contributed by atoms with van der Waals surface area (Å²) < 4.78 is 0. The lowest BCUT2D eigenvalue weighted by atomic mass is 10.1. The Bertz CT molecular complexity index is 1040. The van der Waals surface area contributed by atoms with E-state index in [0.29, 0.717) is 25.1 Å². The van der Waals surface area contributed by atoms with Crippen LogP contribution in [-0.4, -0.2) is 42.9 Å². The first-order valence-corrected chi connectivity index (χ1v) is 10.1. The second-order valence-electron chi connectivity index (χ2n) is 7.25. The molecule has 1 fully saturated rings. The van der Waals surface area contributed by atoms with Gasteiger partial charge in [0.1, 0.15) is 0 Å². The summed E-state index contributed by atoms with van der Waals surface area (Å²) in [5, 5.41) is 5.23.